The first-order valence-corrected chi connectivity index (χ1v) is 12.3. The third kappa shape index (κ3) is 9.56. The Bertz CT molecular complexity index is 554. The molecule has 2 unspecified atom stereocenters. The van der Waals surface area contributed by atoms with Crippen LogP contribution in [-0.2, 0) is 19.1 Å². The molecular weight excluding hydrogens is 412 g/mol. The van der Waals surface area contributed by atoms with Crippen molar-refractivity contribution in [3.8, 4) is 0 Å². The van der Waals surface area contributed by atoms with E-state index in [-0.39, 0.29) is 50.3 Å². The average molecular weight is 459 g/mol. The first-order valence-electron chi connectivity index (χ1n) is 12.3. The summed E-state index contributed by atoms with van der Waals surface area (Å²) in [6.45, 7) is 8.37. The molecule has 0 heterocycles. The van der Waals surface area contributed by atoms with Crippen LogP contribution in [-0.4, -0.2) is 71.1 Å². The largest absolute Gasteiger partial charge is 0.396 e. The van der Waals surface area contributed by atoms with Crippen LogP contribution in [0.2, 0.25) is 0 Å². The molecule has 0 aromatic carbocycles. The monoisotopic (exact) mass is 458 g/mol. The molecule has 1 saturated carbocycles. The molecule has 0 aromatic rings. The van der Waals surface area contributed by atoms with Gasteiger partial charge in [-0.15, -0.1) is 0 Å². The van der Waals surface area contributed by atoms with E-state index in [1.54, 1.807) is 13.8 Å². The van der Waals surface area contributed by atoms with E-state index in [2.05, 4.69) is 0 Å². The Morgan fingerprint density at radius 2 is 1.44 bits per heavy atom. The molecule has 32 heavy (non-hydrogen) atoms. The highest BCUT2D eigenvalue weighted by molar-refractivity contribution is 5.82. The van der Waals surface area contributed by atoms with E-state index >= 15 is 0 Å². The average Bonchev–Trinajstić information content (AvgIpc) is 2.74. The number of aliphatic hydroxyl groups excluding tert-OH is 2. The van der Waals surface area contributed by atoms with Gasteiger partial charge in [-0.3, -0.25) is 9.59 Å². The van der Waals surface area contributed by atoms with E-state index in [9.17, 15) is 19.8 Å². The molecule has 0 saturated heterocycles. The number of aliphatic hydroxyl groups is 3. The van der Waals surface area contributed by atoms with E-state index in [0.717, 1.165) is 25.7 Å². The van der Waals surface area contributed by atoms with Gasteiger partial charge in [0, 0.05) is 37.4 Å². The first kappa shape index (κ1) is 29.2. The molecule has 3 N–H and O–H groups in total. The Balaban J connectivity index is 2.35. The van der Waals surface area contributed by atoms with Gasteiger partial charge in [-0.25, -0.2) is 0 Å². The molecule has 0 amide bonds. The van der Waals surface area contributed by atoms with Crippen molar-refractivity contribution in [1.29, 1.82) is 0 Å². The highest BCUT2D eigenvalue weighted by Gasteiger charge is 2.57. The molecule has 1 aliphatic carbocycles. The molecule has 0 bridgehead atoms. The number of carbonyl (C=O) groups excluding carboxylic acids is 2. The summed E-state index contributed by atoms with van der Waals surface area (Å²) in [5.41, 5.74) is -1.74. The van der Waals surface area contributed by atoms with Gasteiger partial charge in [0.25, 0.3) is 0 Å². The summed E-state index contributed by atoms with van der Waals surface area (Å²) in [5.74, 6) is -0.445. The van der Waals surface area contributed by atoms with Crippen LogP contribution in [0.3, 0.4) is 0 Å². The Labute approximate surface area is 193 Å². The molecule has 1 aliphatic rings. The van der Waals surface area contributed by atoms with Crippen LogP contribution in [0.4, 0.5) is 0 Å². The van der Waals surface area contributed by atoms with Gasteiger partial charge >= 0.3 is 0 Å². The van der Waals surface area contributed by atoms with Crippen molar-refractivity contribution in [2.75, 3.05) is 26.4 Å². The Hall–Kier alpha value is -0.860. The third-order valence-corrected chi connectivity index (χ3v) is 6.68. The molecule has 0 radical (unpaired) electrons. The quantitative estimate of drug-likeness (QED) is 0.255. The van der Waals surface area contributed by atoms with Gasteiger partial charge in [0.2, 0.25) is 0 Å². The maximum atomic E-state index is 12.4. The first-order chi connectivity index (χ1) is 15.1. The van der Waals surface area contributed by atoms with Crippen molar-refractivity contribution in [1.82, 2.24) is 0 Å². The molecular formula is C25H46O7. The standard InChI is InChI=1S/C25H46O7/c1-19(2)31-14-10-6-8-12-23(29)21(4)32-18-24(17-27)15-25(30,16-24)20(3)22(28)11-7-5-9-13-26/h19-21,26-27,30H,5-18H2,1-4H3. The summed E-state index contributed by atoms with van der Waals surface area (Å²) >= 11 is 0. The van der Waals surface area contributed by atoms with Crippen molar-refractivity contribution >= 4 is 11.6 Å². The number of carbonyl (C=O) groups is 2. The number of ketones is 2. The lowest BCUT2D eigenvalue weighted by atomic mass is 9.55. The number of rotatable bonds is 19. The van der Waals surface area contributed by atoms with Crippen LogP contribution in [0.1, 0.15) is 91.9 Å². The van der Waals surface area contributed by atoms with Crippen molar-refractivity contribution in [2.24, 2.45) is 11.3 Å². The number of unbranched alkanes of at least 4 members (excludes halogenated alkanes) is 4. The molecule has 7 nitrogen and oxygen atoms in total. The molecule has 0 spiro atoms. The Kier molecular flexibility index (Phi) is 13.1. The molecule has 0 aliphatic heterocycles. The second kappa shape index (κ2) is 14.4. The van der Waals surface area contributed by atoms with Gasteiger partial charge in [0.1, 0.15) is 11.9 Å². The van der Waals surface area contributed by atoms with E-state index in [1.165, 1.54) is 0 Å². The third-order valence-electron chi connectivity index (χ3n) is 6.68. The maximum Gasteiger partial charge on any atom is 0.161 e. The van der Waals surface area contributed by atoms with Crippen LogP contribution in [0, 0.1) is 11.3 Å². The van der Waals surface area contributed by atoms with Gasteiger partial charge < -0.3 is 24.8 Å². The SMILES string of the molecule is CC(C)OCCCCCC(=O)C(C)OCC1(CO)CC(O)(C(C)C(=O)CCCCCO)C1. The normalized spacial score (nSPS) is 24.9. The summed E-state index contributed by atoms with van der Waals surface area (Å²) in [6, 6.07) is 0. The Morgan fingerprint density at radius 1 is 0.844 bits per heavy atom. The fourth-order valence-electron chi connectivity index (χ4n) is 4.41. The maximum absolute atomic E-state index is 12.4. The Morgan fingerprint density at radius 3 is 2.00 bits per heavy atom. The minimum absolute atomic E-state index is 0.0141. The zero-order valence-corrected chi connectivity index (χ0v) is 20.6. The fraction of sp³-hybridized carbons (Fsp3) is 0.920. The smallest absolute Gasteiger partial charge is 0.161 e. The van der Waals surface area contributed by atoms with Crippen LogP contribution in [0.25, 0.3) is 0 Å². The second-order valence-electron chi connectivity index (χ2n) is 9.99. The summed E-state index contributed by atoms with van der Waals surface area (Å²) in [6.07, 6.45) is 5.95. The van der Waals surface area contributed by atoms with Crippen molar-refractivity contribution in [3.05, 3.63) is 0 Å². The highest BCUT2D eigenvalue weighted by atomic mass is 16.5. The van der Waals surface area contributed by atoms with Crippen LogP contribution < -0.4 is 0 Å². The van der Waals surface area contributed by atoms with Gasteiger partial charge in [-0.2, -0.15) is 0 Å². The number of hydrogen-bond donors (Lipinski definition) is 3. The van der Waals surface area contributed by atoms with Crippen LogP contribution >= 0.6 is 0 Å². The zero-order chi connectivity index (χ0) is 24.2. The molecule has 1 rings (SSSR count). The van der Waals surface area contributed by atoms with Gasteiger partial charge in [0.15, 0.2) is 5.78 Å². The lowest BCUT2D eigenvalue weighted by molar-refractivity contribution is -0.200. The van der Waals surface area contributed by atoms with Crippen molar-refractivity contribution in [3.63, 3.8) is 0 Å². The molecule has 1 fully saturated rings. The predicted molar refractivity (Wildman–Crippen MR) is 123 cm³/mol. The lowest BCUT2D eigenvalue weighted by Crippen LogP contribution is -2.60. The van der Waals surface area contributed by atoms with E-state index in [4.69, 9.17) is 14.6 Å². The minimum atomic E-state index is -1.13. The second-order valence-corrected chi connectivity index (χ2v) is 9.99. The van der Waals surface area contributed by atoms with Crippen molar-refractivity contribution < 1.29 is 34.4 Å². The number of Topliss-reactive ketones (excluding diaryl/α,β-unsaturated/α-hetero) is 2. The molecule has 0 aromatic heterocycles. The van der Waals surface area contributed by atoms with E-state index in [0.29, 0.717) is 32.3 Å². The topological polar surface area (TPSA) is 113 Å². The molecule has 188 valence electrons. The zero-order valence-electron chi connectivity index (χ0n) is 20.6. The summed E-state index contributed by atoms with van der Waals surface area (Å²) in [4.78, 5) is 24.8. The predicted octanol–water partition coefficient (Wildman–Crippen LogP) is 3.21. The summed E-state index contributed by atoms with van der Waals surface area (Å²) in [5, 5.41) is 29.6. The van der Waals surface area contributed by atoms with E-state index in [1.807, 2.05) is 13.8 Å². The summed E-state index contributed by atoms with van der Waals surface area (Å²) in [7, 11) is 0. The van der Waals surface area contributed by atoms with Crippen LogP contribution in [0.5, 0.6) is 0 Å². The summed E-state index contributed by atoms with van der Waals surface area (Å²) < 4.78 is 11.3. The minimum Gasteiger partial charge on any atom is -0.396 e. The van der Waals surface area contributed by atoms with Gasteiger partial charge in [-0.1, -0.05) is 19.8 Å². The van der Waals surface area contributed by atoms with Crippen LogP contribution in [0.15, 0.2) is 0 Å². The highest BCUT2D eigenvalue weighted by Crippen LogP contribution is 2.52. The fourth-order valence-corrected chi connectivity index (χ4v) is 4.41. The lowest BCUT2D eigenvalue weighted by Gasteiger charge is -2.54. The molecule has 7 heteroatoms. The number of ether oxygens (including phenoxy) is 2. The van der Waals surface area contributed by atoms with Crippen molar-refractivity contribution in [2.45, 2.75) is 110 Å². The molecule has 2 atom stereocenters. The van der Waals surface area contributed by atoms with Gasteiger partial charge in [-0.05, 0) is 59.3 Å². The van der Waals surface area contributed by atoms with E-state index < -0.39 is 23.0 Å². The number of hydrogen-bond acceptors (Lipinski definition) is 7. The van der Waals surface area contributed by atoms with Gasteiger partial charge in [0.05, 0.1) is 24.9 Å².